The van der Waals surface area contributed by atoms with Gasteiger partial charge in [0.15, 0.2) is 0 Å². The third-order valence-corrected chi connectivity index (χ3v) is 2.46. The van der Waals surface area contributed by atoms with Gasteiger partial charge in [0, 0.05) is 11.3 Å². The molecule has 1 nitrogen and oxygen atoms in total. The average molecular weight is 201 g/mol. The van der Waals surface area contributed by atoms with Gasteiger partial charge >= 0.3 is 0 Å². The third kappa shape index (κ3) is 1.84. The summed E-state index contributed by atoms with van der Waals surface area (Å²) in [5, 5.41) is 0. The van der Waals surface area contributed by atoms with Gasteiger partial charge in [-0.1, -0.05) is 30.3 Å². The zero-order chi connectivity index (χ0) is 10.8. The fraction of sp³-hybridized carbons (Fsp3) is 0.0769. The Kier molecular flexibility index (Phi) is 2.42. The summed E-state index contributed by atoms with van der Waals surface area (Å²) in [6.07, 6.45) is 0. The van der Waals surface area contributed by atoms with E-state index in [1.807, 2.05) is 31.2 Å². The third-order valence-electron chi connectivity index (χ3n) is 2.46. The van der Waals surface area contributed by atoms with Crippen LogP contribution in [-0.4, -0.2) is 0 Å². The Morgan fingerprint density at radius 1 is 1.07 bits per heavy atom. The van der Waals surface area contributed by atoms with Gasteiger partial charge in [-0.25, -0.2) is 4.39 Å². The monoisotopic (exact) mass is 201 g/mol. The van der Waals surface area contributed by atoms with Gasteiger partial charge in [-0.15, -0.1) is 0 Å². The van der Waals surface area contributed by atoms with Crippen LogP contribution in [0.3, 0.4) is 0 Å². The Morgan fingerprint density at radius 3 is 2.53 bits per heavy atom. The zero-order valence-electron chi connectivity index (χ0n) is 8.50. The molecule has 2 rings (SSSR count). The molecule has 0 atom stereocenters. The van der Waals surface area contributed by atoms with E-state index < -0.39 is 0 Å². The van der Waals surface area contributed by atoms with Crippen molar-refractivity contribution in [3.63, 3.8) is 0 Å². The van der Waals surface area contributed by atoms with Gasteiger partial charge in [-0.3, -0.25) is 0 Å². The van der Waals surface area contributed by atoms with Crippen LogP contribution in [0.2, 0.25) is 0 Å². The molecule has 2 N–H and O–H groups in total. The highest BCUT2D eigenvalue weighted by Crippen LogP contribution is 2.28. The van der Waals surface area contributed by atoms with Gasteiger partial charge in [0.05, 0.1) is 0 Å². The molecule has 0 amide bonds. The van der Waals surface area contributed by atoms with E-state index in [2.05, 4.69) is 0 Å². The van der Waals surface area contributed by atoms with E-state index in [4.69, 9.17) is 5.73 Å². The Labute approximate surface area is 88.4 Å². The van der Waals surface area contributed by atoms with Gasteiger partial charge in [-0.2, -0.15) is 0 Å². The lowest BCUT2D eigenvalue weighted by molar-refractivity contribution is 0.628. The molecule has 2 aromatic carbocycles. The first kappa shape index (κ1) is 9.71. The molecule has 0 saturated carbocycles. The highest BCUT2D eigenvalue weighted by atomic mass is 19.1. The van der Waals surface area contributed by atoms with E-state index in [1.54, 1.807) is 6.07 Å². The van der Waals surface area contributed by atoms with Crippen LogP contribution < -0.4 is 5.73 Å². The van der Waals surface area contributed by atoms with Crippen LogP contribution in [0.1, 0.15) is 5.56 Å². The van der Waals surface area contributed by atoms with Crippen molar-refractivity contribution >= 4 is 5.69 Å². The molecule has 0 aliphatic carbocycles. The Morgan fingerprint density at radius 2 is 1.80 bits per heavy atom. The molecule has 2 aromatic rings. The van der Waals surface area contributed by atoms with Crippen molar-refractivity contribution in [2.24, 2.45) is 0 Å². The minimum Gasteiger partial charge on any atom is -0.398 e. The van der Waals surface area contributed by atoms with Gasteiger partial charge in [0.2, 0.25) is 0 Å². The Hall–Kier alpha value is -1.83. The van der Waals surface area contributed by atoms with Gasteiger partial charge in [-0.05, 0) is 30.2 Å². The topological polar surface area (TPSA) is 26.0 Å². The van der Waals surface area contributed by atoms with Crippen LogP contribution in [0, 0.1) is 12.7 Å². The van der Waals surface area contributed by atoms with Gasteiger partial charge in [0.1, 0.15) is 5.82 Å². The minimum atomic E-state index is -0.242. The number of aryl methyl sites for hydroxylation is 1. The number of nitrogens with two attached hydrogens (primary N) is 1. The molecule has 0 aromatic heterocycles. The molecule has 0 unspecified atom stereocenters. The van der Waals surface area contributed by atoms with Crippen LogP contribution in [-0.2, 0) is 0 Å². The maximum atomic E-state index is 13.0. The maximum Gasteiger partial charge on any atom is 0.123 e. The van der Waals surface area contributed by atoms with Gasteiger partial charge < -0.3 is 5.73 Å². The van der Waals surface area contributed by atoms with E-state index in [9.17, 15) is 4.39 Å². The smallest absolute Gasteiger partial charge is 0.123 e. The quantitative estimate of drug-likeness (QED) is 0.703. The molecule has 0 heterocycles. The molecular formula is C13H12FN. The SMILES string of the molecule is Cc1cccc(-c2cccc(F)c2)c1N. The Balaban J connectivity index is 2.59. The second-order valence-corrected chi connectivity index (χ2v) is 3.55. The summed E-state index contributed by atoms with van der Waals surface area (Å²) in [7, 11) is 0. The van der Waals surface area contributed by atoms with E-state index in [-0.39, 0.29) is 5.82 Å². The highest BCUT2D eigenvalue weighted by Gasteiger charge is 2.04. The summed E-state index contributed by atoms with van der Waals surface area (Å²) in [6, 6.07) is 12.2. The molecule has 0 radical (unpaired) electrons. The van der Waals surface area contributed by atoms with Crippen molar-refractivity contribution in [3.05, 3.63) is 53.8 Å². The lowest BCUT2D eigenvalue weighted by Crippen LogP contribution is -1.93. The molecule has 0 spiro atoms. The van der Waals surface area contributed by atoms with E-state index in [1.165, 1.54) is 12.1 Å². The van der Waals surface area contributed by atoms with Crippen molar-refractivity contribution < 1.29 is 4.39 Å². The van der Waals surface area contributed by atoms with Crippen LogP contribution in [0.4, 0.5) is 10.1 Å². The van der Waals surface area contributed by atoms with Gasteiger partial charge in [0.25, 0.3) is 0 Å². The van der Waals surface area contributed by atoms with Crippen LogP contribution in [0.5, 0.6) is 0 Å². The molecule has 15 heavy (non-hydrogen) atoms. The largest absolute Gasteiger partial charge is 0.398 e. The predicted octanol–water partition coefficient (Wildman–Crippen LogP) is 3.38. The van der Waals surface area contributed by atoms with Crippen molar-refractivity contribution in [1.82, 2.24) is 0 Å². The van der Waals surface area contributed by atoms with E-state index in [0.717, 1.165) is 16.7 Å². The fourth-order valence-electron chi connectivity index (χ4n) is 1.59. The van der Waals surface area contributed by atoms with Crippen molar-refractivity contribution in [2.45, 2.75) is 6.92 Å². The van der Waals surface area contributed by atoms with E-state index >= 15 is 0 Å². The number of para-hydroxylation sites is 1. The molecule has 0 saturated heterocycles. The first-order chi connectivity index (χ1) is 7.18. The molecule has 0 aliphatic heterocycles. The second kappa shape index (κ2) is 3.73. The maximum absolute atomic E-state index is 13.0. The van der Waals surface area contributed by atoms with Crippen LogP contribution >= 0.6 is 0 Å². The van der Waals surface area contributed by atoms with Crippen LogP contribution in [0.25, 0.3) is 11.1 Å². The second-order valence-electron chi connectivity index (χ2n) is 3.55. The number of rotatable bonds is 1. The summed E-state index contributed by atoms with van der Waals surface area (Å²) in [6.45, 7) is 1.94. The summed E-state index contributed by atoms with van der Waals surface area (Å²) in [5.41, 5.74) is 9.36. The Bertz CT molecular complexity index is 492. The molecular weight excluding hydrogens is 189 g/mol. The number of benzene rings is 2. The lowest BCUT2D eigenvalue weighted by Gasteiger charge is -2.08. The van der Waals surface area contributed by atoms with Crippen molar-refractivity contribution in [1.29, 1.82) is 0 Å². The standard InChI is InChI=1S/C13H12FN/c1-9-4-2-7-12(13(9)15)10-5-3-6-11(14)8-10/h2-8H,15H2,1H3. The molecule has 2 heteroatoms. The minimum absolute atomic E-state index is 0.242. The molecule has 0 aliphatic rings. The fourth-order valence-corrected chi connectivity index (χ4v) is 1.59. The summed E-state index contributed by atoms with van der Waals surface area (Å²) in [5.74, 6) is -0.242. The summed E-state index contributed by atoms with van der Waals surface area (Å²) >= 11 is 0. The molecule has 76 valence electrons. The normalized spacial score (nSPS) is 10.3. The number of nitrogen functional groups attached to an aromatic ring is 1. The van der Waals surface area contributed by atoms with Crippen molar-refractivity contribution in [3.8, 4) is 11.1 Å². The summed E-state index contributed by atoms with van der Waals surface area (Å²) < 4.78 is 13.0. The van der Waals surface area contributed by atoms with E-state index in [0.29, 0.717) is 5.69 Å². The molecule has 0 bridgehead atoms. The first-order valence-electron chi connectivity index (χ1n) is 4.79. The number of anilines is 1. The summed E-state index contributed by atoms with van der Waals surface area (Å²) in [4.78, 5) is 0. The lowest BCUT2D eigenvalue weighted by atomic mass is 10.0. The number of hydrogen-bond acceptors (Lipinski definition) is 1. The van der Waals surface area contributed by atoms with Crippen molar-refractivity contribution in [2.75, 3.05) is 5.73 Å². The average Bonchev–Trinajstić information content (AvgIpc) is 2.22. The number of halogens is 1. The van der Waals surface area contributed by atoms with Crippen LogP contribution in [0.15, 0.2) is 42.5 Å². The zero-order valence-corrected chi connectivity index (χ0v) is 8.50. The predicted molar refractivity (Wildman–Crippen MR) is 61.0 cm³/mol. The number of hydrogen-bond donors (Lipinski definition) is 1. The first-order valence-corrected chi connectivity index (χ1v) is 4.79. The highest BCUT2D eigenvalue weighted by molar-refractivity contribution is 5.78. The molecule has 0 fully saturated rings.